The summed E-state index contributed by atoms with van der Waals surface area (Å²) in [6, 6.07) is 16.2. The number of hydrogen-bond acceptors (Lipinski definition) is 5. The van der Waals surface area contributed by atoms with Crippen LogP contribution in [0.15, 0.2) is 59.7 Å². The number of fused-ring (bicyclic) bond motifs is 1. The summed E-state index contributed by atoms with van der Waals surface area (Å²) in [7, 11) is 1.52. The van der Waals surface area contributed by atoms with E-state index < -0.39 is 0 Å². The molecule has 3 rings (SSSR count). The molecule has 1 amide bonds. The largest absolute Gasteiger partial charge is 0.504 e. The van der Waals surface area contributed by atoms with Crippen molar-refractivity contribution in [1.29, 1.82) is 0 Å². The Kier molecular flexibility index (Phi) is 5.56. The Balaban J connectivity index is 1.78. The second-order valence-corrected chi connectivity index (χ2v) is 5.76. The standard InChI is InChI=1S/C21H20N2O4/c1-3-27-20-10-14(8-9-18(20)24)13-22-23-21(25)17-11-15-6-4-5-7-16(15)12-19(17)26-2/h4-13,24H,3H2,1-2H3,(H,23,25). The maximum atomic E-state index is 12.5. The molecule has 27 heavy (non-hydrogen) atoms. The molecule has 0 saturated carbocycles. The van der Waals surface area contributed by atoms with Gasteiger partial charge in [-0.1, -0.05) is 24.3 Å². The summed E-state index contributed by atoms with van der Waals surface area (Å²) >= 11 is 0. The third-order valence-electron chi connectivity index (χ3n) is 3.98. The molecule has 0 aliphatic rings. The summed E-state index contributed by atoms with van der Waals surface area (Å²) in [6.07, 6.45) is 1.48. The van der Waals surface area contributed by atoms with Gasteiger partial charge in [0.1, 0.15) is 5.75 Å². The van der Waals surface area contributed by atoms with Crippen LogP contribution in [0.5, 0.6) is 17.2 Å². The Morgan fingerprint density at radius 3 is 2.56 bits per heavy atom. The van der Waals surface area contributed by atoms with Gasteiger partial charge in [0, 0.05) is 0 Å². The number of rotatable bonds is 6. The fourth-order valence-electron chi connectivity index (χ4n) is 2.67. The third-order valence-corrected chi connectivity index (χ3v) is 3.98. The maximum Gasteiger partial charge on any atom is 0.275 e. The Bertz CT molecular complexity index is 999. The summed E-state index contributed by atoms with van der Waals surface area (Å²) in [5, 5.41) is 15.6. The van der Waals surface area contributed by atoms with Gasteiger partial charge in [0.15, 0.2) is 11.5 Å². The lowest BCUT2D eigenvalue weighted by molar-refractivity contribution is 0.0952. The van der Waals surface area contributed by atoms with Gasteiger partial charge in [0.25, 0.3) is 5.91 Å². The highest BCUT2D eigenvalue weighted by Crippen LogP contribution is 2.27. The molecule has 0 saturated heterocycles. The topological polar surface area (TPSA) is 80.2 Å². The number of carbonyl (C=O) groups excluding carboxylic acids is 1. The number of nitrogens with zero attached hydrogens (tertiary/aromatic N) is 1. The lowest BCUT2D eigenvalue weighted by Gasteiger charge is -2.09. The van der Waals surface area contributed by atoms with Crippen LogP contribution in [0.3, 0.4) is 0 Å². The zero-order valence-electron chi connectivity index (χ0n) is 15.1. The number of ether oxygens (including phenoxy) is 2. The highest BCUT2D eigenvalue weighted by Gasteiger charge is 2.13. The maximum absolute atomic E-state index is 12.5. The molecule has 0 unspecified atom stereocenters. The van der Waals surface area contributed by atoms with E-state index in [0.717, 1.165) is 10.8 Å². The van der Waals surface area contributed by atoms with E-state index in [1.807, 2.05) is 37.3 Å². The number of carbonyl (C=O) groups is 1. The number of hydrazone groups is 1. The molecule has 0 spiro atoms. The molecule has 3 aromatic rings. The van der Waals surface area contributed by atoms with Gasteiger partial charge in [0.05, 0.1) is 25.5 Å². The molecule has 0 aromatic heterocycles. The second-order valence-electron chi connectivity index (χ2n) is 5.76. The van der Waals surface area contributed by atoms with Crippen LogP contribution in [0.1, 0.15) is 22.8 Å². The summed E-state index contributed by atoms with van der Waals surface area (Å²) in [5.41, 5.74) is 3.58. The number of aromatic hydroxyl groups is 1. The fraction of sp³-hybridized carbons (Fsp3) is 0.143. The van der Waals surface area contributed by atoms with E-state index in [9.17, 15) is 9.90 Å². The Labute approximate surface area is 157 Å². The van der Waals surface area contributed by atoms with Gasteiger partial charge in [0.2, 0.25) is 0 Å². The van der Waals surface area contributed by atoms with E-state index in [-0.39, 0.29) is 11.7 Å². The van der Waals surface area contributed by atoms with Crippen LogP contribution < -0.4 is 14.9 Å². The number of hydrogen-bond donors (Lipinski definition) is 2. The van der Waals surface area contributed by atoms with Crippen molar-refractivity contribution in [3.63, 3.8) is 0 Å². The van der Waals surface area contributed by atoms with Crippen LogP contribution in [-0.4, -0.2) is 30.9 Å². The Morgan fingerprint density at radius 2 is 1.85 bits per heavy atom. The molecule has 138 valence electrons. The van der Waals surface area contributed by atoms with E-state index in [4.69, 9.17) is 9.47 Å². The molecule has 2 N–H and O–H groups in total. The lowest BCUT2D eigenvalue weighted by Crippen LogP contribution is -2.18. The normalized spacial score (nSPS) is 10.9. The molecular weight excluding hydrogens is 344 g/mol. The Hall–Kier alpha value is -3.54. The first kappa shape index (κ1) is 18.3. The number of benzene rings is 3. The minimum absolute atomic E-state index is 0.0546. The predicted molar refractivity (Wildman–Crippen MR) is 105 cm³/mol. The van der Waals surface area contributed by atoms with E-state index in [0.29, 0.717) is 29.2 Å². The molecule has 0 heterocycles. The van der Waals surface area contributed by atoms with Crippen LogP contribution >= 0.6 is 0 Å². The minimum Gasteiger partial charge on any atom is -0.504 e. The van der Waals surface area contributed by atoms with Gasteiger partial charge < -0.3 is 14.6 Å². The van der Waals surface area contributed by atoms with E-state index >= 15 is 0 Å². The number of methoxy groups -OCH3 is 1. The zero-order chi connectivity index (χ0) is 19.2. The molecule has 0 bridgehead atoms. The van der Waals surface area contributed by atoms with Crippen molar-refractivity contribution in [2.24, 2.45) is 5.10 Å². The molecule has 0 fully saturated rings. The van der Waals surface area contributed by atoms with Crippen molar-refractivity contribution < 1.29 is 19.4 Å². The average Bonchev–Trinajstić information content (AvgIpc) is 2.69. The zero-order valence-corrected chi connectivity index (χ0v) is 15.1. The Morgan fingerprint density at radius 1 is 1.11 bits per heavy atom. The summed E-state index contributed by atoms with van der Waals surface area (Å²) in [5.74, 6) is 0.519. The fourth-order valence-corrected chi connectivity index (χ4v) is 2.67. The minimum atomic E-state index is -0.377. The first-order valence-corrected chi connectivity index (χ1v) is 8.48. The molecule has 0 atom stereocenters. The number of nitrogens with one attached hydrogen (secondary N) is 1. The van der Waals surface area contributed by atoms with E-state index in [1.165, 1.54) is 19.4 Å². The number of phenolic OH excluding ortho intramolecular Hbond substituents is 1. The molecule has 0 aliphatic carbocycles. The van der Waals surface area contributed by atoms with Gasteiger partial charge in [-0.15, -0.1) is 0 Å². The van der Waals surface area contributed by atoms with Crippen molar-refractivity contribution in [2.45, 2.75) is 6.92 Å². The van der Waals surface area contributed by atoms with Crippen molar-refractivity contribution >= 4 is 22.9 Å². The number of amides is 1. The molecule has 0 radical (unpaired) electrons. The van der Waals surface area contributed by atoms with Gasteiger partial charge in [-0.25, -0.2) is 5.43 Å². The van der Waals surface area contributed by atoms with Crippen molar-refractivity contribution in [1.82, 2.24) is 5.43 Å². The van der Waals surface area contributed by atoms with Crippen molar-refractivity contribution in [2.75, 3.05) is 13.7 Å². The van der Waals surface area contributed by atoms with Gasteiger partial charge in [-0.05, 0) is 53.6 Å². The van der Waals surface area contributed by atoms with Crippen LogP contribution in [0.4, 0.5) is 0 Å². The molecule has 6 heteroatoms. The van der Waals surface area contributed by atoms with Crippen molar-refractivity contribution in [3.8, 4) is 17.2 Å². The summed E-state index contributed by atoms with van der Waals surface area (Å²) in [4.78, 5) is 12.5. The molecule has 3 aromatic carbocycles. The number of phenols is 1. The van der Waals surface area contributed by atoms with Crippen molar-refractivity contribution in [3.05, 3.63) is 65.7 Å². The molecule has 6 nitrogen and oxygen atoms in total. The monoisotopic (exact) mass is 364 g/mol. The predicted octanol–water partition coefficient (Wildman–Crippen LogP) is 3.72. The first-order valence-electron chi connectivity index (χ1n) is 8.48. The smallest absolute Gasteiger partial charge is 0.275 e. The summed E-state index contributed by atoms with van der Waals surface area (Å²) < 4.78 is 10.7. The van der Waals surface area contributed by atoms with Crippen LogP contribution in [0, 0.1) is 0 Å². The lowest BCUT2D eigenvalue weighted by atomic mass is 10.1. The van der Waals surface area contributed by atoms with Crippen LogP contribution in [0.25, 0.3) is 10.8 Å². The highest BCUT2D eigenvalue weighted by molar-refractivity contribution is 6.02. The third kappa shape index (κ3) is 4.17. The molecular formula is C21H20N2O4. The summed E-state index contributed by atoms with van der Waals surface area (Å²) in [6.45, 7) is 2.27. The van der Waals surface area contributed by atoms with Gasteiger partial charge in [-0.2, -0.15) is 5.10 Å². The van der Waals surface area contributed by atoms with E-state index in [1.54, 1.807) is 18.2 Å². The average molecular weight is 364 g/mol. The highest BCUT2D eigenvalue weighted by atomic mass is 16.5. The quantitative estimate of drug-likeness (QED) is 0.516. The van der Waals surface area contributed by atoms with Gasteiger partial charge in [-0.3, -0.25) is 4.79 Å². The first-order chi connectivity index (χ1) is 13.1. The molecule has 0 aliphatic heterocycles. The van der Waals surface area contributed by atoms with Crippen LogP contribution in [0.2, 0.25) is 0 Å². The second kappa shape index (κ2) is 8.23. The van der Waals surface area contributed by atoms with E-state index in [2.05, 4.69) is 10.5 Å². The SMILES string of the molecule is CCOc1cc(C=NNC(=O)c2cc3ccccc3cc2OC)ccc1O. The van der Waals surface area contributed by atoms with Gasteiger partial charge >= 0.3 is 0 Å². The van der Waals surface area contributed by atoms with Crippen LogP contribution in [-0.2, 0) is 0 Å².